The maximum absolute atomic E-state index is 12.7. The molecule has 0 saturated heterocycles. The maximum Gasteiger partial charge on any atom is 0.193 e. The summed E-state index contributed by atoms with van der Waals surface area (Å²) in [5, 5.41) is 0. The van der Waals surface area contributed by atoms with Gasteiger partial charge in [0.15, 0.2) is 11.6 Å². The van der Waals surface area contributed by atoms with E-state index in [4.69, 9.17) is 11.5 Å². The van der Waals surface area contributed by atoms with Crippen LogP contribution in [0.2, 0.25) is 0 Å². The summed E-state index contributed by atoms with van der Waals surface area (Å²) in [5.41, 5.74) is 17.0. The van der Waals surface area contributed by atoms with Crippen LogP contribution in [0.5, 0.6) is 0 Å². The van der Waals surface area contributed by atoms with Gasteiger partial charge >= 0.3 is 0 Å². The average molecular weight is 418 g/mol. The normalized spacial score (nSPS) is 10.9. The number of carbonyl (C=O) groups excluding carboxylic acids is 2. The molecule has 0 aliphatic heterocycles. The van der Waals surface area contributed by atoms with Crippen LogP contribution in [0.3, 0.4) is 0 Å². The number of nitrogen functional groups attached to an aromatic ring is 2. The second-order valence-electron chi connectivity index (χ2n) is 7.48. The summed E-state index contributed by atoms with van der Waals surface area (Å²) in [6, 6.07) is 29.3. The fraction of sp³-hybridized carbons (Fsp3) is 0. The molecular formula is C28H22N2O2. The molecule has 32 heavy (non-hydrogen) atoms. The molecule has 0 bridgehead atoms. The van der Waals surface area contributed by atoms with Gasteiger partial charge in [0.25, 0.3) is 0 Å². The summed E-state index contributed by atoms with van der Waals surface area (Å²) < 4.78 is 0. The van der Waals surface area contributed by atoms with Gasteiger partial charge in [0.2, 0.25) is 0 Å². The van der Waals surface area contributed by atoms with Crippen LogP contribution in [-0.2, 0) is 0 Å². The van der Waals surface area contributed by atoms with Gasteiger partial charge in [0.1, 0.15) is 0 Å². The number of allylic oxidation sites excluding steroid dienone is 1. The highest BCUT2D eigenvalue weighted by Gasteiger charge is 2.11. The third-order valence-corrected chi connectivity index (χ3v) is 5.12. The first kappa shape index (κ1) is 20.8. The van der Waals surface area contributed by atoms with E-state index in [0.717, 1.165) is 16.7 Å². The van der Waals surface area contributed by atoms with Gasteiger partial charge in [-0.2, -0.15) is 0 Å². The Kier molecular flexibility index (Phi) is 5.95. The van der Waals surface area contributed by atoms with Crippen LogP contribution in [0, 0.1) is 0 Å². The van der Waals surface area contributed by atoms with Crippen molar-refractivity contribution in [2.75, 3.05) is 11.5 Å². The number of carbonyl (C=O) groups is 2. The second-order valence-corrected chi connectivity index (χ2v) is 7.48. The Morgan fingerprint density at radius 2 is 1.12 bits per heavy atom. The fourth-order valence-corrected chi connectivity index (χ4v) is 3.45. The van der Waals surface area contributed by atoms with Crippen LogP contribution in [0.1, 0.15) is 31.8 Å². The molecule has 4 aromatic carbocycles. The molecule has 4 heteroatoms. The van der Waals surface area contributed by atoms with Crippen LogP contribution in [0.25, 0.3) is 17.2 Å². The molecule has 0 spiro atoms. The number of anilines is 2. The van der Waals surface area contributed by atoms with E-state index in [1.807, 2.05) is 66.7 Å². The summed E-state index contributed by atoms with van der Waals surface area (Å²) in [6.07, 6.45) is 3.38. The highest BCUT2D eigenvalue weighted by molar-refractivity contribution is 6.10. The van der Waals surface area contributed by atoms with E-state index in [9.17, 15) is 9.59 Å². The van der Waals surface area contributed by atoms with Crippen molar-refractivity contribution in [3.05, 3.63) is 125 Å². The van der Waals surface area contributed by atoms with E-state index < -0.39 is 0 Å². The van der Waals surface area contributed by atoms with E-state index in [1.54, 1.807) is 42.5 Å². The summed E-state index contributed by atoms with van der Waals surface area (Å²) in [7, 11) is 0. The highest BCUT2D eigenvalue weighted by Crippen LogP contribution is 2.23. The average Bonchev–Trinajstić information content (AvgIpc) is 2.82. The molecule has 0 saturated carbocycles. The van der Waals surface area contributed by atoms with Gasteiger partial charge in [-0.3, -0.25) is 9.59 Å². The zero-order valence-electron chi connectivity index (χ0n) is 17.4. The summed E-state index contributed by atoms with van der Waals surface area (Å²) in [5.74, 6) is -0.190. The standard InChI is InChI=1S/C28H22N2O2/c29-25-16-24(17-26(30)18-25)28(32)23-13-9-21(10-14-23)20-7-11-22(12-8-20)27(31)15-6-19-4-2-1-3-5-19/h1-18H,29-30H2. The van der Waals surface area contributed by atoms with Crippen LogP contribution >= 0.6 is 0 Å². The number of rotatable bonds is 6. The van der Waals surface area contributed by atoms with Crippen LogP contribution in [0.4, 0.5) is 11.4 Å². The predicted octanol–water partition coefficient (Wildman–Crippen LogP) is 5.65. The quantitative estimate of drug-likeness (QED) is 0.241. The molecule has 4 N–H and O–H groups in total. The molecule has 156 valence electrons. The van der Waals surface area contributed by atoms with Gasteiger partial charge in [-0.25, -0.2) is 0 Å². The Morgan fingerprint density at radius 3 is 1.69 bits per heavy atom. The topological polar surface area (TPSA) is 86.2 Å². The second kappa shape index (κ2) is 9.14. The number of nitrogens with two attached hydrogens (primary N) is 2. The number of ketones is 2. The molecule has 0 aliphatic carbocycles. The monoisotopic (exact) mass is 418 g/mol. The lowest BCUT2D eigenvalue weighted by Crippen LogP contribution is -2.03. The van der Waals surface area contributed by atoms with Crippen molar-refractivity contribution >= 4 is 29.0 Å². The van der Waals surface area contributed by atoms with Crippen LogP contribution in [0.15, 0.2) is 103 Å². The lowest BCUT2D eigenvalue weighted by Gasteiger charge is -2.07. The first-order valence-corrected chi connectivity index (χ1v) is 10.2. The molecule has 4 aromatic rings. The van der Waals surface area contributed by atoms with E-state index in [0.29, 0.717) is 28.1 Å². The van der Waals surface area contributed by atoms with Crippen LogP contribution < -0.4 is 11.5 Å². The molecule has 0 heterocycles. The molecular weight excluding hydrogens is 396 g/mol. The van der Waals surface area contributed by atoms with Gasteiger partial charge in [0, 0.05) is 28.1 Å². The lowest BCUT2D eigenvalue weighted by atomic mass is 9.98. The van der Waals surface area contributed by atoms with Gasteiger partial charge in [-0.05, 0) is 41.0 Å². The molecule has 4 rings (SSSR count). The molecule has 0 atom stereocenters. The Hall–Kier alpha value is -4.44. The van der Waals surface area contributed by atoms with Crippen LogP contribution in [-0.4, -0.2) is 11.6 Å². The zero-order chi connectivity index (χ0) is 22.5. The van der Waals surface area contributed by atoms with Crippen molar-refractivity contribution < 1.29 is 9.59 Å². The largest absolute Gasteiger partial charge is 0.399 e. The van der Waals surface area contributed by atoms with Crippen molar-refractivity contribution in [1.82, 2.24) is 0 Å². The molecule has 0 unspecified atom stereocenters. The van der Waals surface area contributed by atoms with E-state index in [1.165, 1.54) is 0 Å². The molecule has 0 aliphatic rings. The summed E-state index contributed by atoms with van der Waals surface area (Å²) in [6.45, 7) is 0. The molecule has 0 aromatic heterocycles. The third kappa shape index (κ3) is 4.82. The maximum atomic E-state index is 12.7. The highest BCUT2D eigenvalue weighted by atomic mass is 16.1. The Morgan fingerprint density at radius 1 is 0.594 bits per heavy atom. The van der Waals surface area contributed by atoms with Gasteiger partial charge in [0.05, 0.1) is 0 Å². The number of hydrogen-bond acceptors (Lipinski definition) is 4. The Bertz CT molecular complexity index is 1270. The van der Waals surface area contributed by atoms with Crippen molar-refractivity contribution in [3.8, 4) is 11.1 Å². The first-order valence-electron chi connectivity index (χ1n) is 10.2. The van der Waals surface area contributed by atoms with Gasteiger partial charge in [-0.1, -0.05) is 84.9 Å². The van der Waals surface area contributed by atoms with Gasteiger partial charge < -0.3 is 11.5 Å². The first-order chi connectivity index (χ1) is 15.5. The minimum atomic E-state index is -0.137. The number of hydrogen-bond donors (Lipinski definition) is 2. The van der Waals surface area contributed by atoms with E-state index in [2.05, 4.69) is 0 Å². The zero-order valence-corrected chi connectivity index (χ0v) is 17.4. The van der Waals surface area contributed by atoms with Crippen molar-refractivity contribution in [1.29, 1.82) is 0 Å². The minimum Gasteiger partial charge on any atom is -0.399 e. The SMILES string of the molecule is Nc1cc(N)cc(C(=O)c2ccc(-c3ccc(C(=O)C=Cc4ccccc4)cc3)cc2)c1. The number of benzene rings is 4. The van der Waals surface area contributed by atoms with Gasteiger partial charge in [-0.15, -0.1) is 0 Å². The fourth-order valence-electron chi connectivity index (χ4n) is 3.45. The van der Waals surface area contributed by atoms with Crippen molar-refractivity contribution in [2.24, 2.45) is 0 Å². The lowest BCUT2D eigenvalue weighted by molar-refractivity contribution is 0.103. The smallest absolute Gasteiger partial charge is 0.193 e. The minimum absolute atomic E-state index is 0.0530. The summed E-state index contributed by atoms with van der Waals surface area (Å²) >= 11 is 0. The predicted molar refractivity (Wildman–Crippen MR) is 130 cm³/mol. The van der Waals surface area contributed by atoms with Crippen molar-refractivity contribution in [3.63, 3.8) is 0 Å². The molecule has 0 fully saturated rings. The Labute approximate surface area is 186 Å². The third-order valence-electron chi connectivity index (χ3n) is 5.12. The molecule has 0 amide bonds. The Balaban J connectivity index is 1.48. The molecule has 4 nitrogen and oxygen atoms in total. The van der Waals surface area contributed by atoms with E-state index >= 15 is 0 Å². The summed E-state index contributed by atoms with van der Waals surface area (Å²) in [4.78, 5) is 25.2. The van der Waals surface area contributed by atoms with E-state index in [-0.39, 0.29) is 11.6 Å². The van der Waals surface area contributed by atoms with Crippen molar-refractivity contribution in [2.45, 2.75) is 0 Å². The molecule has 0 radical (unpaired) electrons.